The number of nitrogens with one attached hydrogen (secondary N) is 2. The molecule has 0 fully saturated rings. The van der Waals surface area contributed by atoms with E-state index in [4.69, 9.17) is 12.2 Å². The molecule has 0 unspecified atom stereocenters. The van der Waals surface area contributed by atoms with Gasteiger partial charge in [0.25, 0.3) is 0 Å². The van der Waals surface area contributed by atoms with Crippen LogP contribution in [0.5, 0.6) is 0 Å². The van der Waals surface area contributed by atoms with Gasteiger partial charge in [-0.15, -0.1) is 0 Å². The van der Waals surface area contributed by atoms with Crippen LogP contribution in [-0.4, -0.2) is 15.6 Å². The molecule has 1 heterocycles. The first kappa shape index (κ1) is 12.9. The van der Waals surface area contributed by atoms with Crippen LogP contribution in [0.4, 0.5) is 5.82 Å². The fourth-order valence-electron chi connectivity index (χ4n) is 1.09. The fourth-order valence-corrected chi connectivity index (χ4v) is 1.47. The molecular formula is C12H19N3S. The van der Waals surface area contributed by atoms with Gasteiger partial charge >= 0.3 is 0 Å². The minimum Gasteiger partial charge on any atom is -0.358 e. The number of aryl methyl sites for hydroxylation is 1. The van der Waals surface area contributed by atoms with E-state index in [0.717, 1.165) is 17.8 Å². The monoisotopic (exact) mass is 237 g/mol. The topological polar surface area (TPSA) is 37.0 Å². The lowest BCUT2D eigenvalue weighted by molar-refractivity contribution is 0.448. The van der Waals surface area contributed by atoms with Crippen LogP contribution in [0.3, 0.4) is 0 Å². The summed E-state index contributed by atoms with van der Waals surface area (Å²) in [6.07, 6.45) is 2.83. The number of pyridine rings is 1. The number of hydrogen-bond donors (Lipinski definition) is 2. The van der Waals surface area contributed by atoms with Gasteiger partial charge in [-0.1, -0.05) is 13.0 Å². The average molecular weight is 237 g/mol. The van der Waals surface area contributed by atoms with Crippen LogP contribution in [0.1, 0.15) is 32.8 Å². The first-order valence-corrected chi connectivity index (χ1v) is 5.85. The quantitative estimate of drug-likeness (QED) is 0.793. The summed E-state index contributed by atoms with van der Waals surface area (Å²) in [5.41, 5.74) is 1.15. The van der Waals surface area contributed by atoms with E-state index in [9.17, 15) is 0 Å². The van der Waals surface area contributed by atoms with Gasteiger partial charge in [-0.25, -0.2) is 4.98 Å². The van der Waals surface area contributed by atoms with E-state index in [2.05, 4.69) is 36.4 Å². The molecule has 0 bridgehead atoms. The van der Waals surface area contributed by atoms with Crippen molar-refractivity contribution in [3.05, 3.63) is 23.9 Å². The molecule has 0 aromatic carbocycles. The second-order valence-corrected chi connectivity index (χ2v) is 4.95. The van der Waals surface area contributed by atoms with Gasteiger partial charge in [-0.3, -0.25) is 0 Å². The molecule has 0 saturated heterocycles. The Bertz CT molecular complexity index is 357. The normalized spacial score (nSPS) is 11.0. The van der Waals surface area contributed by atoms with Gasteiger partial charge in [0.15, 0.2) is 5.11 Å². The lowest BCUT2D eigenvalue weighted by atomic mass is 10.0. The van der Waals surface area contributed by atoms with Crippen LogP contribution >= 0.6 is 12.2 Å². The van der Waals surface area contributed by atoms with E-state index >= 15 is 0 Å². The first-order valence-electron chi connectivity index (χ1n) is 5.45. The molecule has 1 aromatic heterocycles. The molecule has 1 aromatic rings. The number of thiocarbonyl (C=S) groups is 1. The summed E-state index contributed by atoms with van der Waals surface area (Å²) in [5.74, 6) is 0.773. The van der Waals surface area contributed by atoms with E-state index in [1.807, 2.05) is 25.3 Å². The minimum atomic E-state index is 0.00871. The van der Waals surface area contributed by atoms with E-state index in [1.54, 1.807) is 0 Å². The Morgan fingerprint density at radius 1 is 1.44 bits per heavy atom. The van der Waals surface area contributed by atoms with Crippen molar-refractivity contribution in [2.24, 2.45) is 0 Å². The molecule has 0 aliphatic heterocycles. The molecule has 0 aliphatic rings. The maximum absolute atomic E-state index is 5.22. The smallest absolute Gasteiger partial charge is 0.172 e. The average Bonchev–Trinajstić information content (AvgIpc) is 2.21. The van der Waals surface area contributed by atoms with Crippen LogP contribution < -0.4 is 10.6 Å². The van der Waals surface area contributed by atoms with Crippen molar-refractivity contribution in [2.45, 2.75) is 39.7 Å². The Morgan fingerprint density at radius 2 is 2.12 bits per heavy atom. The Balaban J connectivity index is 2.55. The van der Waals surface area contributed by atoms with Gasteiger partial charge in [0.2, 0.25) is 0 Å². The predicted molar refractivity (Wildman–Crippen MR) is 72.7 cm³/mol. The van der Waals surface area contributed by atoms with Crippen LogP contribution in [-0.2, 0) is 0 Å². The van der Waals surface area contributed by atoms with Gasteiger partial charge in [0.1, 0.15) is 5.82 Å². The third-order valence-corrected chi connectivity index (χ3v) is 2.69. The van der Waals surface area contributed by atoms with Gasteiger partial charge in [0, 0.05) is 11.7 Å². The Kier molecular flexibility index (Phi) is 4.24. The molecule has 16 heavy (non-hydrogen) atoms. The highest BCUT2D eigenvalue weighted by Crippen LogP contribution is 2.08. The summed E-state index contributed by atoms with van der Waals surface area (Å²) >= 11 is 5.22. The molecule has 3 nitrogen and oxygen atoms in total. The van der Waals surface area contributed by atoms with E-state index in [1.165, 1.54) is 0 Å². The minimum absolute atomic E-state index is 0.00871. The highest BCUT2D eigenvalue weighted by atomic mass is 32.1. The summed E-state index contributed by atoms with van der Waals surface area (Å²) in [7, 11) is 0. The predicted octanol–water partition coefficient (Wildman–Crippen LogP) is 2.87. The summed E-state index contributed by atoms with van der Waals surface area (Å²) < 4.78 is 0. The second kappa shape index (κ2) is 5.25. The zero-order chi connectivity index (χ0) is 12.2. The number of aromatic nitrogens is 1. The maximum Gasteiger partial charge on any atom is 0.172 e. The van der Waals surface area contributed by atoms with E-state index < -0.39 is 0 Å². The molecule has 0 spiro atoms. The summed E-state index contributed by atoms with van der Waals surface area (Å²) in [5, 5.41) is 6.93. The largest absolute Gasteiger partial charge is 0.358 e. The van der Waals surface area contributed by atoms with Gasteiger partial charge in [-0.05, 0) is 51.0 Å². The number of nitrogens with zero attached hydrogens (tertiary/aromatic N) is 1. The fraction of sp³-hybridized carbons (Fsp3) is 0.500. The van der Waals surface area contributed by atoms with Crippen molar-refractivity contribution in [3.8, 4) is 0 Å². The molecule has 4 heteroatoms. The highest BCUT2D eigenvalue weighted by Gasteiger charge is 2.15. The molecule has 2 N–H and O–H groups in total. The Labute approximate surface area is 103 Å². The lowest BCUT2D eigenvalue weighted by Gasteiger charge is -2.26. The van der Waals surface area contributed by atoms with Gasteiger partial charge in [0.05, 0.1) is 0 Å². The van der Waals surface area contributed by atoms with Crippen LogP contribution in [0.15, 0.2) is 18.3 Å². The Morgan fingerprint density at radius 3 is 2.62 bits per heavy atom. The second-order valence-electron chi connectivity index (χ2n) is 4.54. The summed E-state index contributed by atoms with van der Waals surface area (Å²) in [6.45, 7) is 8.36. The van der Waals surface area contributed by atoms with Crippen LogP contribution in [0, 0.1) is 6.92 Å². The molecule has 0 radical (unpaired) electrons. The zero-order valence-electron chi connectivity index (χ0n) is 10.3. The molecule has 0 saturated carbocycles. The molecule has 88 valence electrons. The van der Waals surface area contributed by atoms with Gasteiger partial charge < -0.3 is 10.6 Å². The van der Waals surface area contributed by atoms with Gasteiger partial charge in [-0.2, -0.15) is 0 Å². The van der Waals surface area contributed by atoms with Crippen molar-refractivity contribution >= 4 is 23.1 Å². The zero-order valence-corrected chi connectivity index (χ0v) is 11.1. The molecule has 0 amide bonds. The number of rotatable bonds is 3. The van der Waals surface area contributed by atoms with Crippen molar-refractivity contribution < 1.29 is 0 Å². The first-order chi connectivity index (χ1) is 7.43. The number of hydrogen-bond acceptors (Lipinski definition) is 2. The van der Waals surface area contributed by atoms with Crippen molar-refractivity contribution in [1.82, 2.24) is 10.3 Å². The molecule has 0 aliphatic carbocycles. The standard InChI is InChI=1S/C12H19N3S/c1-5-12(3,4)15-11(16)14-10-7-6-9(2)8-13-10/h6-8H,5H2,1-4H3,(H2,13,14,15,16). The van der Waals surface area contributed by atoms with E-state index in [0.29, 0.717) is 5.11 Å². The molecule has 0 atom stereocenters. The maximum atomic E-state index is 5.22. The SMILES string of the molecule is CCC(C)(C)NC(=S)Nc1ccc(C)cn1. The van der Waals surface area contributed by atoms with Crippen molar-refractivity contribution in [3.63, 3.8) is 0 Å². The van der Waals surface area contributed by atoms with E-state index in [-0.39, 0.29) is 5.54 Å². The lowest BCUT2D eigenvalue weighted by Crippen LogP contribution is -2.44. The third-order valence-electron chi connectivity index (χ3n) is 2.49. The number of anilines is 1. The summed E-state index contributed by atoms with van der Waals surface area (Å²) in [6, 6.07) is 3.92. The summed E-state index contributed by atoms with van der Waals surface area (Å²) in [4.78, 5) is 4.24. The van der Waals surface area contributed by atoms with Crippen LogP contribution in [0.25, 0.3) is 0 Å². The third kappa shape index (κ3) is 4.14. The molecule has 1 rings (SSSR count). The van der Waals surface area contributed by atoms with Crippen molar-refractivity contribution in [2.75, 3.05) is 5.32 Å². The van der Waals surface area contributed by atoms with Crippen LogP contribution in [0.2, 0.25) is 0 Å². The van der Waals surface area contributed by atoms with Crippen molar-refractivity contribution in [1.29, 1.82) is 0 Å². The Hall–Kier alpha value is -1.16. The molecular weight excluding hydrogens is 218 g/mol. The highest BCUT2D eigenvalue weighted by molar-refractivity contribution is 7.80.